The van der Waals surface area contributed by atoms with Gasteiger partial charge < -0.3 is 10.1 Å². The average Bonchev–Trinajstić information content (AvgIpc) is 2.77. The second-order valence-electron chi connectivity index (χ2n) is 4.79. The molecule has 0 aromatic heterocycles. The van der Waals surface area contributed by atoms with Gasteiger partial charge in [-0.3, -0.25) is 4.99 Å². The van der Waals surface area contributed by atoms with Gasteiger partial charge in [0.1, 0.15) is 11.6 Å². The molecule has 2 aliphatic rings. The SMILES string of the molecule is Fc1ccc(NC2=NC3(CCOCC3)CS2)c(F)c1. The topological polar surface area (TPSA) is 33.6 Å². The van der Waals surface area contributed by atoms with E-state index in [2.05, 4.69) is 10.3 Å². The largest absolute Gasteiger partial charge is 0.381 e. The van der Waals surface area contributed by atoms with Gasteiger partial charge in [0, 0.05) is 25.0 Å². The molecule has 3 nitrogen and oxygen atoms in total. The van der Waals surface area contributed by atoms with Crippen LogP contribution in [0.2, 0.25) is 0 Å². The predicted octanol–water partition coefficient (Wildman–Crippen LogP) is 3.03. The van der Waals surface area contributed by atoms with Crippen LogP contribution in [0, 0.1) is 11.6 Å². The van der Waals surface area contributed by atoms with E-state index >= 15 is 0 Å². The van der Waals surface area contributed by atoms with Gasteiger partial charge >= 0.3 is 0 Å². The fourth-order valence-electron chi connectivity index (χ4n) is 2.26. The highest BCUT2D eigenvalue weighted by Crippen LogP contribution is 2.36. The summed E-state index contributed by atoms with van der Waals surface area (Å²) in [6.07, 6.45) is 1.80. The van der Waals surface area contributed by atoms with Gasteiger partial charge in [-0.1, -0.05) is 11.8 Å². The first-order valence-electron chi connectivity index (χ1n) is 6.19. The smallest absolute Gasteiger partial charge is 0.161 e. The van der Waals surface area contributed by atoms with Crippen molar-refractivity contribution in [3.05, 3.63) is 29.8 Å². The Kier molecular flexibility index (Phi) is 3.45. The maximum absolute atomic E-state index is 13.6. The van der Waals surface area contributed by atoms with E-state index in [1.807, 2.05) is 0 Å². The standard InChI is InChI=1S/C13H14F2N2OS/c14-9-1-2-11(10(15)7-9)16-12-17-13(8-19-12)3-5-18-6-4-13/h1-2,7H,3-6,8H2,(H,16,17). The quantitative estimate of drug-likeness (QED) is 0.860. The van der Waals surface area contributed by atoms with Gasteiger partial charge in [0.2, 0.25) is 0 Å². The normalized spacial score (nSPS) is 21.5. The third-order valence-electron chi connectivity index (χ3n) is 3.41. The fourth-order valence-corrected chi connectivity index (χ4v) is 3.46. The van der Waals surface area contributed by atoms with Crippen molar-refractivity contribution < 1.29 is 13.5 Å². The van der Waals surface area contributed by atoms with Crippen molar-refractivity contribution in [3.63, 3.8) is 0 Å². The van der Waals surface area contributed by atoms with Crippen LogP contribution in [-0.2, 0) is 4.74 Å². The predicted molar refractivity (Wildman–Crippen MR) is 72.7 cm³/mol. The third kappa shape index (κ3) is 2.74. The van der Waals surface area contributed by atoms with Gasteiger partial charge in [0.15, 0.2) is 5.17 Å². The lowest BCUT2D eigenvalue weighted by atomic mass is 9.93. The fraction of sp³-hybridized carbons (Fsp3) is 0.462. The minimum atomic E-state index is -0.601. The van der Waals surface area contributed by atoms with Crippen molar-refractivity contribution in [1.82, 2.24) is 0 Å². The lowest BCUT2D eigenvalue weighted by Gasteiger charge is -2.29. The number of nitrogens with zero attached hydrogens (tertiary/aromatic N) is 1. The summed E-state index contributed by atoms with van der Waals surface area (Å²) in [5.74, 6) is -0.289. The summed E-state index contributed by atoms with van der Waals surface area (Å²) in [5, 5.41) is 3.64. The van der Waals surface area contributed by atoms with Crippen LogP contribution in [0.25, 0.3) is 0 Å². The minimum Gasteiger partial charge on any atom is -0.381 e. The lowest BCUT2D eigenvalue weighted by Crippen LogP contribution is -2.34. The van der Waals surface area contributed by atoms with Gasteiger partial charge in [-0.2, -0.15) is 0 Å². The van der Waals surface area contributed by atoms with E-state index in [0.717, 1.165) is 37.9 Å². The molecule has 2 heterocycles. The van der Waals surface area contributed by atoms with E-state index in [1.54, 1.807) is 11.8 Å². The molecule has 6 heteroatoms. The number of hydrogen-bond donors (Lipinski definition) is 1. The van der Waals surface area contributed by atoms with Crippen LogP contribution in [0.5, 0.6) is 0 Å². The van der Waals surface area contributed by atoms with Gasteiger partial charge in [-0.05, 0) is 25.0 Å². The molecule has 1 aromatic carbocycles. The van der Waals surface area contributed by atoms with Crippen LogP contribution in [0.15, 0.2) is 23.2 Å². The van der Waals surface area contributed by atoms with Crippen LogP contribution >= 0.6 is 11.8 Å². The Morgan fingerprint density at radius 3 is 2.79 bits per heavy atom. The Balaban J connectivity index is 1.75. The zero-order chi connectivity index (χ0) is 13.3. The number of amidine groups is 1. The molecule has 0 atom stereocenters. The summed E-state index contributed by atoms with van der Waals surface area (Å²) in [5.41, 5.74) is 0.193. The van der Waals surface area contributed by atoms with Crippen molar-refractivity contribution >= 4 is 22.6 Å². The molecule has 3 rings (SSSR count). The molecule has 0 aliphatic carbocycles. The summed E-state index contributed by atoms with van der Waals surface area (Å²) in [6.45, 7) is 1.45. The number of aliphatic imine (C=N–C) groups is 1. The second-order valence-corrected chi connectivity index (χ2v) is 5.76. The summed E-state index contributed by atoms with van der Waals surface area (Å²) >= 11 is 1.58. The first-order valence-corrected chi connectivity index (χ1v) is 7.18. The third-order valence-corrected chi connectivity index (χ3v) is 4.56. The van der Waals surface area contributed by atoms with E-state index in [0.29, 0.717) is 5.17 Å². The van der Waals surface area contributed by atoms with Crippen molar-refractivity contribution in [3.8, 4) is 0 Å². The first kappa shape index (κ1) is 12.9. The molecule has 0 unspecified atom stereocenters. The first-order chi connectivity index (χ1) is 9.17. The molecule has 2 aliphatic heterocycles. The molecule has 0 amide bonds. The molecular weight excluding hydrogens is 270 g/mol. The van der Waals surface area contributed by atoms with Gasteiger partial charge in [0.25, 0.3) is 0 Å². The minimum absolute atomic E-state index is 0.0677. The average molecular weight is 284 g/mol. The number of nitrogens with one attached hydrogen (secondary N) is 1. The summed E-state index contributed by atoms with van der Waals surface area (Å²) in [6, 6.07) is 3.49. The molecular formula is C13H14F2N2OS. The molecule has 0 saturated carbocycles. The van der Waals surface area contributed by atoms with Crippen LogP contribution in [-0.4, -0.2) is 29.7 Å². The maximum Gasteiger partial charge on any atom is 0.161 e. The van der Waals surface area contributed by atoms with Crippen molar-refractivity contribution in [2.75, 3.05) is 24.3 Å². The van der Waals surface area contributed by atoms with Crippen LogP contribution in [0.4, 0.5) is 14.5 Å². The maximum atomic E-state index is 13.6. The van der Waals surface area contributed by atoms with Crippen molar-refractivity contribution in [1.29, 1.82) is 0 Å². The van der Waals surface area contributed by atoms with E-state index in [-0.39, 0.29) is 11.2 Å². The Hall–Kier alpha value is -1.14. The Bertz CT molecular complexity index is 515. The number of halogens is 2. The van der Waals surface area contributed by atoms with Gasteiger partial charge in [-0.15, -0.1) is 0 Å². The number of benzene rings is 1. The van der Waals surface area contributed by atoms with E-state index in [4.69, 9.17) is 4.74 Å². The monoisotopic (exact) mass is 284 g/mol. The molecule has 102 valence electrons. The molecule has 1 N–H and O–H groups in total. The highest BCUT2D eigenvalue weighted by molar-refractivity contribution is 8.14. The highest BCUT2D eigenvalue weighted by Gasteiger charge is 2.37. The van der Waals surface area contributed by atoms with Crippen LogP contribution < -0.4 is 5.32 Å². The van der Waals surface area contributed by atoms with E-state index in [1.165, 1.54) is 12.1 Å². The number of hydrogen-bond acceptors (Lipinski definition) is 4. The number of ether oxygens (including phenoxy) is 1. The number of rotatable bonds is 1. The molecule has 0 radical (unpaired) electrons. The van der Waals surface area contributed by atoms with Gasteiger partial charge in [0.05, 0.1) is 11.2 Å². The van der Waals surface area contributed by atoms with Crippen molar-refractivity contribution in [2.24, 2.45) is 4.99 Å². The van der Waals surface area contributed by atoms with Crippen molar-refractivity contribution in [2.45, 2.75) is 18.4 Å². The Morgan fingerprint density at radius 2 is 2.05 bits per heavy atom. The molecule has 19 heavy (non-hydrogen) atoms. The summed E-state index contributed by atoms with van der Waals surface area (Å²) in [4.78, 5) is 4.67. The molecule has 0 bridgehead atoms. The highest BCUT2D eigenvalue weighted by atomic mass is 32.2. The van der Waals surface area contributed by atoms with Gasteiger partial charge in [-0.25, -0.2) is 8.78 Å². The Labute approximate surface area is 114 Å². The Morgan fingerprint density at radius 1 is 1.26 bits per heavy atom. The van der Waals surface area contributed by atoms with E-state index < -0.39 is 11.6 Å². The molecule has 1 aromatic rings. The molecule has 1 spiro atoms. The summed E-state index contributed by atoms with van der Waals surface area (Å²) in [7, 11) is 0. The van der Waals surface area contributed by atoms with E-state index in [9.17, 15) is 8.78 Å². The zero-order valence-corrected chi connectivity index (χ0v) is 11.1. The zero-order valence-electron chi connectivity index (χ0n) is 10.3. The second kappa shape index (κ2) is 5.09. The molecule has 1 fully saturated rings. The van der Waals surface area contributed by atoms with Crippen LogP contribution in [0.3, 0.4) is 0 Å². The van der Waals surface area contributed by atoms with Crippen LogP contribution in [0.1, 0.15) is 12.8 Å². The summed E-state index contributed by atoms with van der Waals surface area (Å²) < 4.78 is 31.7. The molecule has 1 saturated heterocycles. The number of thioether (sulfide) groups is 1. The lowest BCUT2D eigenvalue weighted by molar-refractivity contribution is 0.0624. The number of anilines is 1.